The molecule has 1 atom stereocenters. The molecule has 1 saturated carbocycles. The van der Waals surface area contributed by atoms with Gasteiger partial charge in [-0.15, -0.1) is 0 Å². The van der Waals surface area contributed by atoms with E-state index in [1.807, 2.05) is 0 Å². The predicted molar refractivity (Wildman–Crippen MR) is 53.6 cm³/mol. The molecule has 1 aliphatic heterocycles. The lowest BCUT2D eigenvalue weighted by Crippen LogP contribution is -2.35. The first kappa shape index (κ1) is 9.47. The molecule has 2 nitrogen and oxygen atoms in total. The van der Waals surface area contributed by atoms with Crippen molar-refractivity contribution < 1.29 is 5.11 Å². The van der Waals surface area contributed by atoms with Gasteiger partial charge in [0.1, 0.15) is 0 Å². The summed E-state index contributed by atoms with van der Waals surface area (Å²) in [6.45, 7) is 4.90. The number of hydrogen-bond acceptors (Lipinski definition) is 2. The molecule has 1 aliphatic carbocycles. The Kier molecular flexibility index (Phi) is 2.61. The molecule has 2 aliphatic rings. The van der Waals surface area contributed by atoms with E-state index in [1.165, 1.54) is 45.2 Å². The SMILES string of the molecule is CC(CO)N1CCC2(CCCC2)C1. The van der Waals surface area contributed by atoms with Gasteiger partial charge in [0.25, 0.3) is 0 Å². The lowest BCUT2D eigenvalue weighted by molar-refractivity contribution is 0.143. The van der Waals surface area contributed by atoms with E-state index in [1.54, 1.807) is 0 Å². The lowest BCUT2D eigenvalue weighted by Gasteiger charge is -2.26. The molecule has 0 aromatic heterocycles. The van der Waals surface area contributed by atoms with Crippen LogP contribution < -0.4 is 0 Å². The van der Waals surface area contributed by atoms with Crippen LogP contribution in [0.15, 0.2) is 0 Å². The molecule has 1 heterocycles. The van der Waals surface area contributed by atoms with Crippen molar-refractivity contribution in [3.8, 4) is 0 Å². The smallest absolute Gasteiger partial charge is 0.0584 e. The number of nitrogens with zero attached hydrogens (tertiary/aromatic N) is 1. The van der Waals surface area contributed by atoms with Gasteiger partial charge in [-0.2, -0.15) is 0 Å². The van der Waals surface area contributed by atoms with Gasteiger partial charge in [-0.05, 0) is 38.1 Å². The number of rotatable bonds is 2. The molecule has 0 aromatic carbocycles. The summed E-state index contributed by atoms with van der Waals surface area (Å²) in [5, 5.41) is 9.08. The van der Waals surface area contributed by atoms with Gasteiger partial charge in [0.2, 0.25) is 0 Å². The molecule has 2 fully saturated rings. The topological polar surface area (TPSA) is 23.5 Å². The van der Waals surface area contributed by atoms with Gasteiger partial charge in [-0.3, -0.25) is 4.90 Å². The van der Waals surface area contributed by atoms with Gasteiger partial charge in [-0.1, -0.05) is 12.8 Å². The summed E-state index contributed by atoms with van der Waals surface area (Å²) in [6, 6.07) is 0.375. The molecule has 0 bridgehead atoms. The lowest BCUT2D eigenvalue weighted by atomic mass is 9.86. The third kappa shape index (κ3) is 1.75. The van der Waals surface area contributed by atoms with Crippen LogP contribution in [-0.4, -0.2) is 35.7 Å². The van der Waals surface area contributed by atoms with E-state index < -0.39 is 0 Å². The fraction of sp³-hybridized carbons (Fsp3) is 1.00. The number of aliphatic hydroxyl groups is 1. The second-order valence-electron chi connectivity index (χ2n) is 4.96. The summed E-state index contributed by atoms with van der Waals surface area (Å²) in [5.74, 6) is 0. The van der Waals surface area contributed by atoms with Gasteiger partial charge in [0.15, 0.2) is 0 Å². The van der Waals surface area contributed by atoms with Crippen molar-refractivity contribution in [1.82, 2.24) is 4.90 Å². The highest BCUT2D eigenvalue weighted by Gasteiger charge is 2.40. The first-order valence-electron chi connectivity index (χ1n) is 5.61. The van der Waals surface area contributed by atoms with Crippen LogP contribution in [0.4, 0.5) is 0 Å². The van der Waals surface area contributed by atoms with E-state index >= 15 is 0 Å². The Labute approximate surface area is 80.9 Å². The summed E-state index contributed by atoms with van der Waals surface area (Å²) in [6.07, 6.45) is 7.10. The van der Waals surface area contributed by atoms with Crippen LogP contribution >= 0.6 is 0 Å². The third-order valence-corrected chi connectivity index (χ3v) is 4.02. The van der Waals surface area contributed by atoms with Crippen molar-refractivity contribution in [1.29, 1.82) is 0 Å². The van der Waals surface area contributed by atoms with Crippen molar-refractivity contribution in [2.45, 2.75) is 45.1 Å². The molecule has 0 aromatic rings. The Hall–Kier alpha value is -0.0800. The Morgan fingerprint density at radius 3 is 2.62 bits per heavy atom. The molecular formula is C11H21NO. The molecule has 13 heavy (non-hydrogen) atoms. The first-order valence-corrected chi connectivity index (χ1v) is 5.61. The van der Waals surface area contributed by atoms with Gasteiger partial charge >= 0.3 is 0 Å². The fourth-order valence-corrected chi connectivity index (χ4v) is 2.99. The molecule has 76 valence electrons. The second-order valence-corrected chi connectivity index (χ2v) is 4.96. The molecule has 2 rings (SSSR count). The third-order valence-electron chi connectivity index (χ3n) is 4.02. The average Bonchev–Trinajstić information content (AvgIpc) is 2.76. The summed E-state index contributed by atoms with van der Waals surface area (Å²) in [7, 11) is 0. The Morgan fingerprint density at radius 2 is 2.00 bits per heavy atom. The minimum absolute atomic E-state index is 0.316. The van der Waals surface area contributed by atoms with Crippen molar-refractivity contribution in [2.75, 3.05) is 19.7 Å². The van der Waals surface area contributed by atoms with Gasteiger partial charge in [0.05, 0.1) is 6.61 Å². The number of hydrogen-bond donors (Lipinski definition) is 1. The van der Waals surface area contributed by atoms with Crippen LogP contribution in [0.25, 0.3) is 0 Å². The minimum atomic E-state index is 0.316. The van der Waals surface area contributed by atoms with E-state index in [0.29, 0.717) is 18.1 Å². The largest absolute Gasteiger partial charge is 0.395 e. The zero-order valence-corrected chi connectivity index (χ0v) is 8.63. The van der Waals surface area contributed by atoms with Crippen molar-refractivity contribution >= 4 is 0 Å². The molecule has 2 heteroatoms. The highest BCUT2D eigenvalue weighted by molar-refractivity contribution is 4.94. The van der Waals surface area contributed by atoms with Crippen LogP contribution in [-0.2, 0) is 0 Å². The van der Waals surface area contributed by atoms with Crippen LogP contribution in [0, 0.1) is 5.41 Å². The summed E-state index contributed by atoms with van der Waals surface area (Å²) in [5.41, 5.74) is 0.656. The predicted octanol–water partition coefficient (Wildman–Crippen LogP) is 1.63. The number of aliphatic hydroxyl groups excluding tert-OH is 1. The summed E-state index contributed by atoms with van der Waals surface area (Å²) < 4.78 is 0. The van der Waals surface area contributed by atoms with E-state index in [-0.39, 0.29) is 0 Å². The number of likely N-dealkylation sites (tertiary alicyclic amines) is 1. The van der Waals surface area contributed by atoms with Gasteiger partial charge in [0, 0.05) is 12.6 Å². The Morgan fingerprint density at radius 1 is 1.31 bits per heavy atom. The van der Waals surface area contributed by atoms with Crippen molar-refractivity contribution in [2.24, 2.45) is 5.41 Å². The molecular weight excluding hydrogens is 162 g/mol. The van der Waals surface area contributed by atoms with E-state index in [9.17, 15) is 0 Å². The average molecular weight is 183 g/mol. The highest BCUT2D eigenvalue weighted by Crippen LogP contribution is 2.45. The molecule has 0 radical (unpaired) electrons. The maximum absolute atomic E-state index is 9.08. The van der Waals surface area contributed by atoms with Crippen LogP contribution in [0.5, 0.6) is 0 Å². The molecule has 1 spiro atoms. The van der Waals surface area contributed by atoms with E-state index in [2.05, 4.69) is 11.8 Å². The summed E-state index contributed by atoms with van der Waals surface area (Å²) in [4.78, 5) is 2.46. The Balaban J connectivity index is 1.93. The van der Waals surface area contributed by atoms with Crippen molar-refractivity contribution in [3.63, 3.8) is 0 Å². The zero-order valence-electron chi connectivity index (χ0n) is 8.63. The van der Waals surface area contributed by atoms with Gasteiger partial charge in [-0.25, -0.2) is 0 Å². The molecule has 1 saturated heterocycles. The molecule has 1 unspecified atom stereocenters. The second kappa shape index (κ2) is 3.58. The van der Waals surface area contributed by atoms with Crippen molar-refractivity contribution in [3.05, 3.63) is 0 Å². The quantitative estimate of drug-likeness (QED) is 0.703. The Bertz CT molecular complexity index is 175. The summed E-state index contributed by atoms with van der Waals surface area (Å²) >= 11 is 0. The highest BCUT2D eigenvalue weighted by atomic mass is 16.3. The maximum Gasteiger partial charge on any atom is 0.0584 e. The van der Waals surface area contributed by atoms with E-state index in [0.717, 1.165) is 0 Å². The zero-order chi connectivity index (χ0) is 9.31. The first-order chi connectivity index (χ1) is 6.26. The van der Waals surface area contributed by atoms with Gasteiger partial charge < -0.3 is 5.11 Å². The molecule has 0 amide bonds. The fourth-order valence-electron chi connectivity index (χ4n) is 2.99. The van der Waals surface area contributed by atoms with E-state index in [4.69, 9.17) is 5.11 Å². The normalized spacial score (nSPS) is 30.0. The van der Waals surface area contributed by atoms with Crippen LogP contribution in [0.1, 0.15) is 39.0 Å². The molecule has 1 N–H and O–H groups in total. The minimum Gasteiger partial charge on any atom is -0.395 e. The monoisotopic (exact) mass is 183 g/mol. The standard InChI is InChI=1S/C11H21NO/c1-10(8-13)12-7-6-11(9-12)4-2-3-5-11/h10,13H,2-9H2,1H3. The van der Waals surface area contributed by atoms with Crippen LogP contribution in [0.3, 0.4) is 0 Å². The maximum atomic E-state index is 9.08. The van der Waals surface area contributed by atoms with Crippen LogP contribution in [0.2, 0.25) is 0 Å².